The average molecular weight is 213 g/mol. The van der Waals surface area contributed by atoms with Crippen molar-refractivity contribution in [3.8, 4) is 0 Å². The molecule has 1 aromatic rings. The summed E-state index contributed by atoms with van der Waals surface area (Å²) in [5.41, 5.74) is 6.48. The Balaban J connectivity index is 2.73. The van der Waals surface area contributed by atoms with Crippen LogP contribution in [0.25, 0.3) is 0 Å². The normalized spacial score (nSPS) is 11.9. The van der Waals surface area contributed by atoms with E-state index in [0.29, 0.717) is 10.9 Å². The van der Waals surface area contributed by atoms with E-state index in [1.54, 1.807) is 24.3 Å². The second-order valence-electron chi connectivity index (χ2n) is 3.14. The monoisotopic (exact) mass is 212 g/mol. The van der Waals surface area contributed by atoms with Gasteiger partial charge in [-0.05, 0) is 38.1 Å². The summed E-state index contributed by atoms with van der Waals surface area (Å²) in [5, 5.41) is 4.45. The average Bonchev–Trinajstić information content (AvgIpc) is 2.15. The van der Waals surface area contributed by atoms with Gasteiger partial charge in [-0.1, -0.05) is 16.8 Å². The summed E-state index contributed by atoms with van der Waals surface area (Å²) in [4.78, 5) is 5.02. The van der Waals surface area contributed by atoms with E-state index < -0.39 is 0 Å². The molecule has 4 heteroatoms. The van der Waals surface area contributed by atoms with Gasteiger partial charge in [0, 0.05) is 10.6 Å². The van der Waals surface area contributed by atoms with Crippen LogP contribution in [0.5, 0.6) is 0 Å². The van der Waals surface area contributed by atoms with Gasteiger partial charge in [-0.2, -0.15) is 0 Å². The second-order valence-corrected chi connectivity index (χ2v) is 3.57. The van der Waals surface area contributed by atoms with Crippen molar-refractivity contribution in [2.24, 2.45) is 10.9 Å². The van der Waals surface area contributed by atoms with E-state index in [1.165, 1.54) is 0 Å². The predicted octanol–water partition coefficient (Wildman–Crippen LogP) is 2.39. The maximum Gasteiger partial charge on any atom is 0.170 e. The van der Waals surface area contributed by atoms with Gasteiger partial charge < -0.3 is 10.6 Å². The number of amidine groups is 1. The summed E-state index contributed by atoms with van der Waals surface area (Å²) in [7, 11) is 0. The summed E-state index contributed by atoms with van der Waals surface area (Å²) in [5.74, 6) is 0.357. The summed E-state index contributed by atoms with van der Waals surface area (Å²) in [6.07, 6.45) is 0.0286. The van der Waals surface area contributed by atoms with Gasteiger partial charge in [0.15, 0.2) is 5.84 Å². The first-order valence-electron chi connectivity index (χ1n) is 4.35. The van der Waals surface area contributed by atoms with Crippen molar-refractivity contribution in [1.29, 1.82) is 0 Å². The highest BCUT2D eigenvalue weighted by atomic mass is 35.5. The quantitative estimate of drug-likeness (QED) is 0.475. The minimum atomic E-state index is 0.0286. The Bertz CT molecular complexity index is 319. The first-order chi connectivity index (χ1) is 6.59. The van der Waals surface area contributed by atoms with Crippen LogP contribution < -0.4 is 5.73 Å². The minimum Gasteiger partial charge on any atom is -0.391 e. The second kappa shape index (κ2) is 4.86. The van der Waals surface area contributed by atoms with E-state index in [1.807, 2.05) is 13.8 Å². The van der Waals surface area contributed by atoms with Crippen LogP contribution >= 0.6 is 11.6 Å². The van der Waals surface area contributed by atoms with Crippen molar-refractivity contribution in [2.75, 3.05) is 0 Å². The molecular weight excluding hydrogens is 200 g/mol. The first-order valence-corrected chi connectivity index (χ1v) is 4.72. The summed E-state index contributed by atoms with van der Waals surface area (Å²) in [6, 6.07) is 7.11. The van der Waals surface area contributed by atoms with Crippen LogP contribution in [-0.2, 0) is 4.84 Å². The van der Waals surface area contributed by atoms with Crippen LogP contribution in [-0.4, -0.2) is 11.9 Å². The molecule has 0 atom stereocenters. The third kappa shape index (κ3) is 3.26. The standard InChI is InChI=1S/C10H13ClN2O/c1-7(2)14-13-10(12)8-3-5-9(11)6-4-8/h3-7H,1-2H3,(H2,12,13). The Morgan fingerprint density at radius 2 is 1.93 bits per heavy atom. The zero-order valence-corrected chi connectivity index (χ0v) is 8.95. The maximum absolute atomic E-state index is 5.73. The molecule has 0 aliphatic carbocycles. The largest absolute Gasteiger partial charge is 0.391 e. The Kier molecular flexibility index (Phi) is 3.77. The molecule has 3 nitrogen and oxygen atoms in total. The smallest absolute Gasteiger partial charge is 0.170 e. The van der Waals surface area contributed by atoms with Gasteiger partial charge in [0.1, 0.15) is 6.10 Å². The van der Waals surface area contributed by atoms with Gasteiger partial charge in [0.05, 0.1) is 0 Å². The van der Waals surface area contributed by atoms with Gasteiger partial charge in [-0.15, -0.1) is 0 Å². The van der Waals surface area contributed by atoms with Crippen molar-refractivity contribution < 1.29 is 4.84 Å². The lowest BCUT2D eigenvalue weighted by molar-refractivity contribution is 0.0858. The fraction of sp³-hybridized carbons (Fsp3) is 0.300. The third-order valence-electron chi connectivity index (χ3n) is 1.50. The molecular formula is C10H13ClN2O. The number of halogens is 1. The van der Waals surface area contributed by atoms with Gasteiger partial charge in [0.25, 0.3) is 0 Å². The highest BCUT2D eigenvalue weighted by molar-refractivity contribution is 6.30. The number of benzene rings is 1. The number of hydrogen-bond acceptors (Lipinski definition) is 2. The molecule has 1 aromatic carbocycles. The number of nitrogens with zero attached hydrogens (tertiary/aromatic N) is 1. The van der Waals surface area contributed by atoms with E-state index in [4.69, 9.17) is 22.2 Å². The van der Waals surface area contributed by atoms with Crippen LogP contribution in [0, 0.1) is 0 Å². The van der Waals surface area contributed by atoms with Gasteiger partial charge in [-0.3, -0.25) is 0 Å². The van der Waals surface area contributed by atoms with Crippen LogP contribution in [0.1, 0.15) is 19.4 Å². The highest BCUT2D eigenvalue weighted by Gasteiger charge is 1.99. The fourth-order valence-corrected chi connectivity index (χ4v) is 0.962. The predicted molar refractivity (Wildman–Crippen MR) is 58.4 cm³/mol. The van der Waals surface area contributed by atoms with Crippen LogP contribution in [0.4, 0.5) is 0 Å². The molecule has 14 heavy (non-hydrogen) atoms. The topological polar surface area (TPSA) is 47.6 Å². The molecule has 0 saturated heterocycles. The lowest BCUT2D eigenvalue weighted by Crippen LogP contribution is -2.14. The molecule has 0 bridgehead atoms. The van der Waals surface area contributed by atoms with Crippen molar-refractivity contribution >= 4 is 17.4 Å². The van der Waals surface area contributed by atoms with E-state index in [2.05, 4.69) is 5.16 Å². The van der Waals surface area contributed by atoms with Crippen molar-refractivity contribution in [2.45, 2.75) is 20.0 Å². The van der Waals surface area contributed by atoms with Crippen molar-refractivity contribution in [3.63, 3.8) is 0 Å². The Labute approximate surface area is 88.5 Å². The molecule has 0 fully saturated rings. The number of rotatable bonds is 3. The van der Waals surface area contributed by atoms with Gasteiger partial charge in [-0.25, -0.2) is 0 Å². The van der Waals surface area contributed by atoms with Crippen molar-refractivity contribution in [1.82, 2.24) is 0 Å². The number of oxime groups is 1. The Morgan fingerprint density at radius 3 is 2.43 bits per heavy atom. The lowest BCUT2D eigenvalue weighted by Gasteiger charge is -2.04. The number of nitrogens with two attached hydrogens (primary N) is 1. The van der Waals surface area contributed by atoms with Crippen LogP contribution in [0.3, 0.4) is 0 Å². The molecule has 0 heterocycles. The molecule has 0 aliphatic heterocycles. The molecule has 2 N–H and O–H groups in total. The molecule has 0 amide bonds. The SMILES string of the molecule is CC(C)O/N=C(\N)c1ccc(Cl)cc1. The van der Waals surface area contributed by atoms with E-state index in [0.717, 1.165) is 5.56 Å². The third-order valence-corrected chi connectivity index (χ3v) is 1.75. The van der Waals surface area contributed by atoms with E-state index >= 15 is 0 Å². The van der Waals surface area contributed by atoms with E-state index in [9.17, 15) is 0 Å². The molecule has 1 rings (SSSR count). The molecule has 0 radical (unpaired) electrons. The summed E-state index contributed by atoms with van der Waals surface area (Å²) >= 11 is 5.73. The molecule has 0 saturated carbocycles. The van der Waals surface area contributed by atoms with Gasteiger partial charge in [0.2, 0.25) is 0 Å². The zero-order chi connectivity index (χ0) is 10.6. The maximum atomic E-state index is 5.73. The highest BCUT2D eigenvalue weighted by Crippen LogP contribution is 2.09. The molecule has 0 aromatic heterocycles. The molecule has 76 valence electrons. The van der Waals surface area contributed by atoms with Crippen LogP contribution in [0.15, 0.2) is 29.4 Å². The first kappa shape index (κ1) is 10.9. The molecule has 0 unspecified atom stereocenters. The van der Waals surface area contributed by atoms with Crippen LogP contribution in [0.2, 0.25) is 5.02 Å². The zero-order valence-electron chi connectivity index (χ0n) is 8.20. The Hall–Kier alpha value is -1.22. The van der Waals surface area contributed by atoms with Crippen molar-refractivity contribution in [3.05, 3.63) is 34.9 Å². The molecule has 0 spiro atoms. The molecule has 0 aliphatic rings. The fourth-order valence-electron chi connectivity index (χ4n) is 0.836. The number of hydrogen-bond donors (Lipinski definition) is 1. The van der Waals surface area contributed by atoms with Gasteiger partial charge >= 0.3 is 0 Å². The summed E-state index contributed by atoms with van der Waals surface area (Å²) in [6.45, 7) is 3.78. The van der Waals surface area contributed by atoms with E-state index in [-0.39, 0.29) is 6.10 Å². The Morgan fingerprint density at radius 1 is 1.36 bits per heavy atom. The summed E-state index contributed by atoms with van der Waals surface area (Å²) < 4.78 is 0. The lowest BCUT2D eigenvalue weighted by atomic mass is 10.2. The minimum absolute atomic E-state index is 0.0286.